The molecule has 0 aliphatic heterocycles. The fraction of sp³-hybridized carbons (Fsp3) is 0.500. The van der Waals surface area contributed by atoms with E-state index in [1.807, 2.05) is 12.1 Å². The minimum Gasteiger partial charge on any atom is -0.397 e. The molecule has 0 radical (unpaired) electrons. The number of rotatable bonds is 0. The van der Waals surface area contributed by atoms with Gasteiger partial charge >= 0.3 is 0 Å². The highest BCUT2D eigenvalue weighted by atomic mass is 16.3. The third-order valence-corrected chi connectivity index (χ3v) is 3.05. The Morgan fingerprint density at radius 2 is 1.13 bits per heavy atom. The van der Waals surface area contributed by atoms with Crippen LogP contribution in [0.5, 0.6) is 0 Å². The van der Waals surface area contributed by atoms with Gasteiger partial charge in [-0.15, -0.1) is 0 Å². The molecule has 0 bridgehead atoms. The summed E-state index contributed by atoms with van der Waals surface area (Å²) in [6.45, 7) is 12.8. The molecule has 0 aromatic heterocycles. The molecule has 1 aromatic carbocycles. The second-order valence-corrected chi connectivity index (χ2v) is 7.85. The van der Waals surface area contributed by atoms with Crippen molar-refractivity contribution < 1.29 is 10.2 Å². The minimum absolute atomic E-state index is 0.0932. The molecule has 1 aromatic rings. The Kier molecular flexibility index (Phi) is 5.22. The van der Waals surface area contributed by atoms with Crippen molar-refractivity contribution in [3.05, 3.63) is 28.8 Å². The van der Waals surface area contributed by atoms with Gasteiger partial charge in [-0.2, -0.15) is 0 Å². The summed E-state index contributed by atoms with van der Waals surface area (Å²) in [5, 5.41) is 19.6. The van der Waals surface area contributed by atoms with E-state index in [4.69, 9.17) is 5.73 Å². The van der Waals surface area contributed by atoms with Crippen LogP contribution in [0.3, 0.4) is 0 Å². The SMILES string of the molecule is CC(C)(O)C#Cc1cc(C(C)(C)C)cc(C#CC(C)(C)O)c1N. The van der Waals surface area contributed by atoms with Gasteiger partial charge in [-0.3, -0.25) is 0 Å². The van der Waals surface area contributed by atoms with Crippen LogP contribution in [0.25, 0.3) is 0 Å². The van der Waals surface area contributed by atoms with Crippen LogP contribution in [0.1, 0.15) is 65.2 Å². The zero-order valence-corrected chi connectivity index (χ0v) is 15.1. The molecule has 0 spiro atoms. The lowest BCUT2D eigenvalue weighted by Crippen LogP contribution is -2.16. The van der Waals surface area contributed by atoms with Crippen molar-refractivity contribution in [2.45, 2.75) is 65.1 Å². The standard InChI is InChI=1S/C20H27NO2/c1-18(2,3)16-12-14(8-10-19(4,5)22)17(21)15(13-16)9-11-20(6,7)23/h12-13,22-23H,21H2,1-7H3. The number of nitrogens with two attached hydrogens (primary N) is 1. The smallest absolute Gasteiger partial charge is 0.120 e. The molecule has 0 aliphatic rings. The normalized spacial score (nSPS) is 12.0. The molecule has 0 heterocycles. The van der Waals surface area contributed by atoms with E-state index in [1.165, 1.54) is 0 Å². The third kappa shape index (κ3) is 6.37. The number of benzene rings is 1. The largest absolute Gasteiger partial charge is 0.397 e. The Balaban J connectivity index is 3.57. The van der Waals surface area contributed by atoms with Crippen molar-refractivity contribution in [2.24, 2.45) is 0 Å². The van der Waals surface area contributed by atoms with Crippen LogP contribution in [-0.2, 0) is 5.41 Å². The first kappa shape index (κ1) is 19.1. The van der Waals surface area contributed by atoms with Crippen molar-refractivity contribution in [1.82, 2.24) is 0 Å². The van der Waals surface area contributed by atoms with Crippen molar-refractivity contribution in [3.8, 4) is 23.7 Å². The maximum absolute atomic E-state index is 9.80. The zero-order chi connectivity index (χ0) is 18.1. The van der Waals surface area contributed by atoms with E-state index in [0.29, 0.717) is 16.8 Å². The molecule has 124 valence electrons. The second-order valence-electron chi connectivity index (χ2n) is 7.85. The van der Waals surface area contributed by atoms with Crippen LogP contribution in [0.4, 0.5) is 5.69 Å². The predicted octanol–water partition coefficient (Wildman–Crippen LogP) is 2.81. The van der Waals surface area contributed by atoms with E-state index >= 15 is 0 Å². The number of aliphatic hydroxyl groups is 2. The van der Waals surface area contributed by atoms with E-state index < -0.39 is 11.2 Å². The first-order valence-corrected chi connectivity index (χ1v) is 7.64. The number of hydrogen-bond donors (Lipinski definition) is 3. The van der Waals surface area contributed by atoms with Gasteiger partial charge in [0.15, 0.2) is 0 Å². The number of nitrogen functional groups attached to an aromatic ring is 1. The lowest BCUT2D eigenvalue weighted by Gasteiger charge is -2.21. The highest BCUT2D eigenvalue weighted by Crippen LogP contribution is 2.28. The Morgan fingerprint density at radius 1 is 0.783 bits per heavy atom. The fourth-order valence-corrected chi connectivity index (χ4v) is 1.73. The molecular formula is C20H27NO2. The van der Waals surface area contributed by atoms with Crippen molar-refractivity contribution >= 4 is 5.69 Å². The highest BCUT2D eigenvalue weighted by Gasteiger charge is 2.17. The van der Waals surface area contributed by atoms with Gasteiger partial charge in [0, 0.05) is 11.1 Å². The highest BCUT2D eigenvalue weighted by molar-refractivity contribution is 5.68. The fourth-order valence-electron chi connectivity index (χ4n) is 1.73. The lowest BCUT2D eigenvalue weighted by molar-refractivity contribution is 0.143. The van der Waals surface area contributed by atoms with Crippen LogP contribution in [0, 0.1) is 23.7 Å². The maximum atomic E-state index is 9.80. The summed E-state index contributed by atoms with van der Waals surface area (Å²) in [4.78, 5) is 0. The summed E-state index contributed by atoms with van der Waals surface area (Å²) in [6, 6.07) is 3.87. The Labute approximate surface area is 139 Å². The van der Waals surface area contributed by atoms with Gasteiger partial charge in [0.25, 0.3) is 0 Å². The van der Waals surface area contributed by atoms with Gasteiger partial charge in [-0.25, -0.2) is 0 Å². The Bertz CT molecular complexity index is 650. The zero-order valence-electron chi connectivity index (χ0n) is 15.1. The number of anilines is 1. The molecule has 4 N–H and O–H groups in total. The first-order chi connectivity index (χ1) is 10.2. The average molecular weight is 313 g/mol. The third-order valence-electron chi connectivity index (χ3n) is 3.05. The van der Waals surface area contributed by atoms with Crippen LogP contribution in [0.15, 0.2) is 12.1 Å². The van der Waals surface area contributed by atoms with E-state index in [9.17, 15) is 10.2 Å². The van der Waals surface area contributed by atoms with Crippen LogP contribution < -0.4 is 5.73 Å². The molecule has 3 heteroatoms. The molecule has 0 fully saturated rings. The van der Waals surface area contributed by atoms with Gasteiger partial charge in [-0.1, -0.05) is 44.5 Å². The van der Waals surface area contributed by atoms with Crippen LogP contribution in [-0.4, -0.2) is 21.4 Å². The van der Waals surface area contributed by atoms with Crippen molar-refractivity contribution in [1.29, 1.82) is 0 Å². The van der Waals surface area contributed by atoms with Crippen LogP contribution in [0.2, 0.25) is 0 Å². The lowest BCUT2D eigenvalue weighted by atomic mass is 9.84. The molecule has 0 unspecified atom stereocenters. The van der Waals surface area contributed by atoms with Crippen molar-refractivity contribution in [2.75, 3.05) is 5.73 Å². The number of hydrogen-bond acceptors (Lipinski definition) is 3. The first-order valence-electron chi connectivity index (χ1n) is 7.64. The summed E-state index contributed by atoms with van der Waals surface area (Å²) in [5.41, 5.74) is 6.69. The monoisotopic (exact) mass is 313 g/mol. The molecule has 0 atom stereocenters. The molecule has 0 saturated heterocycles. The van der Waals surface area contributed by atoms with Crippen molar-refractivity contribution in [3.63, 3.8) is 0 Å². The summed E-state index contributed by atoms with van der Waals surface area (Å²) >= 11 is 0. The summed E-state index contributed by atoms with van der Waals surface area (Å²) in [7, 11) is 0. The topological polar surface area (TPSA) is 66.5 Å². The van der Waals surface area contributed by atoms with Gasteiger partial charge in [0.05, 0.1) is 5.69 Å². The van der Waals surface area contributed by atoms with Gasteiger partial charge in [0.1, 0.15) is 11.2 Å². The van der Waals surface area contributed by atoms with E-state index in [-0.39, 0.29) is 5.41 Å². The minimum atomic E-state index is -1.09. The van der Waals surface area contributed by atoms with E-state index in [2.05, 4.69) is 44.5 Å². The summed E-state index contributed by atoms with van der Waals surface area (Å²) < 4.78 is 0. The molecule has 0 aliphatic carbocycles. The quantitative estimate of drug-likeness (QED) is 0.510. The Hall–Kier alpha value is -1.94. The van der Waals surface area contributed by atoms with E-state index in [0.717, 1.165) is 5.56 Å². The molecule has 0 amide bonds. The molecule has 23 heavy (non-hydrogen) atoms. The Morgan fingerprint density at radius 3 is 1.39 bits per heavy atom. The molecule has 3 nitrogen and oxygen atoms in total. The van der Waals surface area contributed by atoms with Gasteiger partial charge in [-0.05, 0) is 50.8 Å². The van der Waals surface area contributed by atoms with E-state index in [1.54, 1.807) is 27.7 Å². The molecular weight excluding hydrogens is 286 g/mol. The maximum Gasteiger partial charge on any atom is 0.120 e. The molecule has 0 saturated carbocycles. The average Bonchev–Trinajstić information content (AvgIpc) is 2.32. The second kappa shape index (κ2) is 6.28. The van der Waals surface area contributed by atoms with Gasteiger partial charge < -0.3 is 15.9 Å². The van der Waals surface area contributed by atoms with Crippen LogP contribution >= 0.6 is 0 Å². The predicted molar refractivity (Wildman–Crippen MR) is 95.9 cm³/mol. The molecule has 1 rings (SSSR count). The summed E-state index contributed by atoms with van der Waals surface area (Å²) in [6.07, 6.45) is 0. The van der Waals surface area contributed by atoms with Gasteiger partial charge in [0.2, 0.25) is 0 Å². The summed E-state index contributed by atoms with van der Waals surface area (Å²) in [5.74, 6) is 11.5.